The van der Waals surface area contributed by atoms with E-state index in [4.69, 9.17) is 19.4 Å². The second kappa shape index (κ2) is 20.0. The molecule has 8 rings (SSSR count). The van der Waals surface area contributed by atoms with E-state index in [0.29, 0.717) is 24.7 Å². The minimum atomic E-state index is -1.06. The number of carbonyl (C=O) groups excluding carboxylic acids is 4. The molecule has 3 aliphatic heterocycles. The molecule has 1 unspecified atom stereocenters. The SMILES string of the molecule is COC(=O)N[C@H](C(=O)N1CCC[C@H]1c1nc2ccc(C3CC[C@H](c4ccc5nc([C@@H]6CCCN6C(=O)[C@@H](NC(=O)OC)C(C)C)[nH]c5c4)N3c3ccc(C(C)(C)CNC(=O)O)cc3)cc2[nH]1)C(C)C. The fourth-order valence-electron chi connectivity index (χ4n) is 10.5. The number of H-pyrrole nitrogens is 2. The Kier molecular flexibility index (Phi) is 14.1. The van der Waals surface area contributed by atoms with Gasteiger partial charge in [-0.3, -0.25) is 9.59 Å². The van der Waals surface area contributed by atoms with Gasteiger partial charge in [0.05, 0.1) is 60.5 Å². The Morgan fingerprint density at radius 3 is 1.54 bits per heavy atom. The Morgan fingerprint density at radius 1 is 0.681 bits per heavy atom. The number of ether oxygens (including phenoxy) is 2. The Bertz CT molecular complexity index is 2550. The zero-order valence-corrected chi connectivity index (χ0v) is 40.8. The first-order valence-electron chi connectivity index (χ1n) is 24.1. The smallest absolute Gasteiger partial charge is 0.407 e. The summed E-state index contributed by atoms with van der Waals surface area (Å²) < 4.78 is 9.66. The van der Waals surface area contributed by atoms with Crippen LogP contribution in [0.25, 0.3) is 22.1 Å². The van der Waals surface area contributed by atoms with Crippen molar-refractivity contribution in [1.82, 2.24) is 45.7 Å². The molecule has 6 N–H and O–H groups in total. The molecule has 5 amide bonds. The predicted molar refractivity (Wildman–Crippen MR) is 261 cm³/mol. The number of aromatic nitrogens is 4. The van der Waals surface area contributed by atoms with E-state index in [1.807, 2.05) is 63.5 Å². The van der Waals surface area contributed by atoms with Gasteiger partial charge in [0.2, 0.25) is 11.8 Å². The molecule has 0 radical (unpaired) electrons. The van der Waals surface area contributed by atoms with Crippen LogP contribution >= 0.6 is 0 Å². The number of likely N-dealkylation sites (tertiary alicyclic amines) is 2. The van der Waals surface area contributed by atoms with Crippen molar-refractivity contribution in [2.24, 2.45) is 11.8 Å². The highest BCUT2D eigenvalue weighted by atomic mass is 16.5. The van der Waals surface area contributed by atoms with Crippen LogP contribution in [0.1, 0.15) is 133 Å². The second-order valence-electron chi connectivity index (χ2n) is 20.0. The van der Waals surface area contributed by atoms with Crippen molar-refractivity contribution in [3.63, 3.8) is 0 Å². The predicted octanol–water partition coefficient (Wildman–Crippen LogP) is 8.16. The molecular formula is C51H66N10O8. The number of nitrogens with one attached hydrogen (secondary N) is 5. The van der Waals surface area contributed by atoms with Crippen LogP contribution in [0.2, 0.25) is 0 Å². The molecule has 3 aliphatic rings. The lowest BCUT2D eigenvalue weighted by molar-refractivity contribution is -0.136. The maximum atomic E-state index is 13.9. The highest BCUT2D eigenvalue weighted by Crippen LogP contribution is 2.48. The molecule has 18 nitrogen and oxygen atoms in total. The number of imidazole rings is 2. The number of methoxy groups -OCH3 is 2. The van der Waals surface area contributed by atoms with Gasteiger partial charge in [-0.15, -0.1) is 0 Å². The number of benzene rings is 3. The molecule has 3 fully saturated rings. The summed E-state index contributed by atoms with van der Waals surface area (Å²) in [6.07, 6.45) is 2.46. The molecule has 3 aromatic carbocycles. The standard InChI is InChI=1S/C51H66N10O8/c1-28(2)42(57-49(66)68-7)46(62)59-23-9-11-40(59)44-53-34-19-13-30(25-36(34)55-44)38-21-22-39(61(38)33-17-15-32(16-18-33)51(5,6)27-52-48(64)65)31-14-20-35-37(26-31)56-45(54-35)41-12-10-24-60(41)47(63)43(29(3)4)58-50(67)69-8/h13-20,25-26,28-29,38-43,52H,9-12,21-24,27H2,1-8H3,(H,53,55)(H,54,56)(H,57,66)(H,58,67)(H,64,65)/t38-,39?,40+,41+,42+,43+/m1/s1. The van der Waals surface area contributed by atoms with Crippen LogP contribution in [0, 0.1) is 11.8 Å². The minimum absolute atomic E-state index is 0.0296. The lowest BCUT2D eigenvalue weighted by Crippen LogP contribution is -2.51. The normalized spacial score (nSPS) is 20.5. The van der Waals surface area contributed by atoms with Crippen LogP contribution in [0.15, 0.2) is 60.7 Å². The number of carbonyl (C=O) groups is 5. The number of alkyl carbamates (subject to hydrolysis) is 2. The Hall–Kier alpha value is -6.85. The van der Waals surface area contributed by atoms with Crippen molar-refractivity contribution in [3.8, 4) is 0 Å². The lowest BCUT2D eigenvalue weighted by Gasteiger charge is -2.34. The zero-order valence-electron chi connectivity index (χ0n) is 40.8. The molecule has 5 heterocycles. The summed E-state index contributed by atoms with van der Waals surface area (Å²) >= 11 is 0. The summed E-state index contributed by atoms with van der Waals surface area (Å²) in [5.41, 5.74) is 7.12. The van der Waals surface area contributed by atoms with Crippen molar-refractivity contribution < 1.29 is 38.6 Å². The van der Waals surface area contributed by atoms with Crippen molar-refractivity contribution in [3.05, 3.63) is 89.0 Å². The number of aromatic amines is 2. The summed E-state index contributed by atoms with van der Waals surface area (Å²) in [6, 6.07) is 19.0. The number of hydrogen-bond donors (Lipinski definition) is 6. The van der Waals surface area contributed by atoms with Crippen LogP contribution in [0.3, 0.4) is 0 Å². The average molecular weight is 947 g/mol. The highest BCUT2D eigenvalue weighted by Gasteiger charge is 2.41. The van der Waals surface area contributed by atoms with E-state index < -0.39 is 35.8 Å². The van der Waals surface area contributed by atoms with Gasteiger partial charge in [0.25, 0.3) is 0 Å². The molecule has 0 bridgehead atoms. The monoisotopic (exact) mass is 947 g/mol. The number of carboxylic acid groups (broad SMARTS) is 1. The third-order valence-electron chi connectivity index (χ3n) is 14.3. The molecule has 69 heavy (non-hydrogen) atoms. The van der Waals surface area contributed by atoms with Crippen molar-refractivity contribution in [1.29, 1.82) is 0 Å². The van der Waals surface area contributed by atoms with Crippen LogP contribution in [-0.2, 0) is 24.5 Å². The highest BCUT2D eigenvalue weighted by molar-refractivity contribution is 5.88. The molecule has 368 valence electrons. The third-order valence-corrected chi connectivity index (χ3v) is 14.3. The Labute approximate surface area is 402 Å². The topological polar surface area (TPSA) is 227 Å². The van der Waals surface area contributed by atoms with E-state index in [0.717, 1.165) is 83.0 Å². The Morgan fingerprint density at radius 2 is 1.13 bits per heavy atom. The van der Waals surface area contributed by atoms with E-state index in [2.05, 4.69) is 79.3 Å². The average Bonchev–Trinajstić information content (AvgIpc) is 4.19. The fraction of sp³-hybridized carbons (Fsp3) is 0.510. The molecule has 0 saturated carbocycles. The van der Waals surface area contributed by atoms with Crippen LogP contribution < -0.4 is 20.9 Å². The van der Waals surface area contributed by atoms with Gasteiger partial charge < -0.3 is 55.2 Å². The molecule has 18 heteroatoms. The lowest BCUT2D eigenvalue weighted by atomic mass is 9.84. The van der Waals surface area contributed by atoms with Gasteiger partial charge in [0.1, 0.15) is 23.7 Å². The van der Waals surface area contributed by atoms with Gasteiger partial charge in [0.15, 0.2) is 0 Å². The van der Waals surface area contributed by atoms with Crippen molar-refractivity contribution in [2.45, 2.75) is 122 Å². The first kappa shape index (κ1) is 48.6. The summed E-state index contributed by atoms with van der Waals surface area (Å²) in [4.78, 5) is 86.9. The van der Waals surface area contributed by atoms with E-state index in [1.54, 1.807) is 0 Å². The van der Waals surface area contributed by atoms with Gasteiger partial charge in [-0.25, -0.2) is 24.4 Å². The summed E-state index contributed by atoms with van der Waals surface area (Å²) in [5, 5.41) is 17.3. The van der Waals surface area contributed by atoms with Crippen LogP contribution in [-0.4, -0.2) is 111 Å². The molecule has 3 saturated heterocycles. The zero-order chi connectivity index (χ0) is 49.3. The molecule has 0 aliphatic carbocycles. The number of amides is 5. The molecular weight excluding hydrogens is 881 g/mol. The molecule has 6 atom stereocenters. The van der Waals surface area contributed by atoms with Gasteiger partial charge >= 0.3 is 18.3 Å². The molecule has 0 spiro atoms. The first-order chi connectivity index (χ1) is 33.0. The number of fused-ring (bicyclic) bond motifs is 2. The quantitative estimate of drug-likeness (QED) is 0.0623. The number of hydrogen-bond acceptors (Lipinski definition) is 10. The van der Waals surface area contributed by atoms with Crippen molar-refractivity contribution >= 4 is 57.8 Å². The number of rotatable bonds is 14. The summed E-state index contributed by atoms with van der Waals surface area (Å²) in [6.45, 7) is 13.0. The van der Waals surface area contributed by atoms with Crippen LogP contribution in [0.4, 0.5) is 20.1 Å². The summed E-state index contributed by atoms with van der Waals surface area (Å²) in [7, 11) is 2.58. The third kappa shape index (κ3) is 10.0. The van der Waals surface area contributed by atoms with Gasteiger partial charge in [-0.2, -0.15) is 0 Å². The molecule has 2 aromatic heterocycles. The number of anilines is 1. The van der Waals surface area contributed by atoms with Crippen molar-refractivity contribution in [2.75, 3.05) is 38.8 Å². The summed E-state index contributed by atoms with van der Waals surface area (Å²) in [5.74, 6) is 0.799. The second-order valence-corrected chi connectivity index (χ2v) is 20.0. The maximum Gasteiger partial charge on any atom is 0.407 e. The largest absolute Gasteiger partial charge is 0.465 e. The maximum absolute atomic E-state index is 13.9. The Balaban J connectivity index is 1.10. The van der Waals surface area contributed by atoms with E-state index in [-0.39, 0.29) is 54.4 Å². The fourth-order valence-corrected chi connectivity index (χ4v) is 10.5. The minimum Gasteiger partial charge on any atom is -0.465 e. The molecule has 5 aromatic rings. The van der Waals surface area contributed by atoms with Gasteiger partial charge in [-0.05, 0) is 103 Å². The van der Waals surface area contributed by atoms with Crippen LogP contribution in [0.5, 0.6) is 0 Å². The van der Waals surface area contributed by atoms with Gasteiger partial charge in [-0.1, -0.05) is 65.8 Å². The van der Waals surface area contributed by atoms with E-state index in [9.17, 15) is 29.1 Å². The number of nitrogens with zero attached hydrogens (tertiary/aromatic N) is 5. The van der Waals surface area contributed by atoms with Gasteiger partial charge in [0, 0.05) is 30.7 Å². The van der Waals surface area contributed by atoms with E-state index in [1.165, 1.54) is 14.2 Å². The van der Waals surface area contributed by atoms with E-state index >= 15 is 0 Å². The first-order valence-corrected chi connectivity index (χ1v) is 24.1.